The lowest BCUT2D eigenvalue weighted by Crippen LogP contribution is -2.42. The molecule has 9 heteroatoms. The van der Waals surface area contributed by atoms with Crippen LogP contribution in [0.2, 0.25) is 0 Å². The number of nitrogens with zero attached hydrogens (tertiary/aromatic N) is 2. The molecule has 2 fully saturated rings. The van der Waals surface area contributed by atoms with Crippen molar-refractivity contribution in [3.05, 3.63) is 24.3 Å². The number of ether oxygens (including phenoxy) is 2. The van der Waals surface area contributed by atoms with Crippen molar-refractivity contribution in [1.29, 1.82) is 0 Å². The lowest BCUT2D eigenvalue weighted by Gasteiger charge is -2.25. The molecule has 0 radical (unpaired) electrons. The summed E-state index contributed by atoms with van der Waals surface area (Å²) in [7, 11) is 0. The van der Waals surface area contributed by atoms with Gasteiger partial charge in [-0.2, -0.15) is 13.2 Å². The van der Waals surface area contributed by atoms with E-state index in [-0.39, 0.29) is 31.0 Å². The molecule has 1 N–H and O–H groups in total. The molecule has 2 saturated heterocycles. The Kier molecular flexibility index (Phi) is 6.04. The molecule has 2 aliphatic rings. The van der Waals surface area contributed by atoms with Crippen LogP contribution in [0.5, 0.6) is 5.75 Å². The van der Waals surface area contributed by atoms with Crippen molar-refractivity contribution in [3.8, 4) is 5.75 Å². The van der Waals surface area contributed by atoms with Gasteiger partial charge in [0.15, 0.2) is 6.61 Å². The first-order valence-corrected chi connectivity index (χ1v) is 9.39. The summed E-state index contributed by atoms with van der Waals surface area (Å²) in [5.74, 6) is 0.0897. The Morgan fingerprint density at radius 2 is 2.00 bits per heavy atom. The number of aliphatic hydroxyl groups is 1. The molecule has 2 heterocycles. The van der Waals surface area contributed by atoms with Crippen LogP contribution in [0.1, 0.15) is 26.2 Å². The summed E-state index contributed by atoms with van der Waals surface area (Å²) < 4.78 is 46.9. The molecule has 1 aromatic carbocycles. The summed E-state index contributed by atoms with van der Waals surface area (Å²) >= 11 is 0. The number of carbonyl (C=O) groups is 1. The maximum Gasteiger partial charge on any atom is 0.422 e. The van der Waals surface area contributed by atoms with Gasteiger partial charge >= 0.3 is 12.2 Å². The number of amides is 2. The van der Waals surface area contributed by atoms with E-state index in [0.717, 1.165) is 12.8 Å². The summed E-state index contributed by atoms with van der Waals surface area (Å²) in [5, 5.41) is 10.7. The minimum Gasteiger partial charge on any atom is -0.484 e. The number of carbonyl (C=O) groups excluding carboxylic acids is 1. The van der Waals surface area contributed by atoms with Crippen molar-refractivity contribution < 1.29 is 32.5 Å². The van der Waals surface area contributed by atoms with Gasteiger partial charge in [0, 0.05) is 25.3 Å². The highest BCUT2D eigenvalue weighted by Crippen LogP contribution is 2.36. The molecule has 2 amide bonds. The second kappa shape index (κ2) is 8.16. The van der Waals surface area contributed by atoms with Crippen LogP contribution in [-0.2, 0) is 4.74 Å². The predicted molar refractivity (Wildman–Crippen MR) is 96.5 cm³/mol. The Morgan fingerprint density at radius 1 is 1.29 bits per heavy atom. The van der Waals surface area contributed by atoms with Crippen LogP contribution in [0.3, 0.4) is 0 Å². The molecule has 0 unspecified atom stereocenters. The van der Waals surface area contributed by atoms with Crippen molar-refractivity contribution >= 4 is 11.7 Å². The number of rotatable bonds is 8. The third-order valence-electron chi connectivity index (χ3n) is 4.95. The molecular formula is C19H25F3N2O4. The fourth-order valence-corrected chi connectivity index (χ4v) is 3.61. The molecule has 28 heavy (non-hydrogen) atoms. The number of hydrogen-bond donors (Lipinski definition) is 1. The van der Waals surface area contributed by atoms with Gasteiger partial charge in [-0.1, -0.05) is 13.3 Å². The van der Waals surface area contributed by atoms with E-state index in [9.17, 15) is 23.1 Å². The first-order chi connectivity index (χ1) is 13.2. The molecule has 0 spiro atoms. The second-order valence-corrected chi connectivity index (χ2v) is 7.41. The standard InChI is InChI=1S/C19H25F3N2O4/c1-2-3-8-27-12-18(26)9-15-10-23(17(25)24(15)11-18)14-4-6-16(7-5-14)28-13-19(20,21)22/h4-7,15,26H,2-3,8-13H2,1H3/t15-,18-/m0/s1. The van der Waals surface area contributed by atoms with Gasteiger partial charge in [0.25, 0.3) is 0 Å². The van der Waals surface area contributed by atoms with Crippen LogP contribution in [-0.4, -0.2) is 66.8 Å². The van der Waals surface area contributed by atoms with Gasteiger partial charge in [-0.15, -0.1) is 0 Å². The molecular weight excluding hydrogens is 377 g/mol. The summed E-state index contributed by atoms with van der Waals surface area (Å²) in [6, 6.07) is 5.61. The second-order valence-electron chi connectivity index (χ2n) is 7.41. The topological polar surface area (TPSA) is 62.2 Å². The molecule has 2 atom stereocenters. The van der Waals surface area contributed by atoms with Gasteiger partial charge in [0.2, 0.25) is 0 Å². The van der Waals surface area contributed by atoms with Crippen LogP contribution < -0.4 is 9.64 Å². The van der Waals surface area contributed by atoms with Crippen molar-refractivity contribution in [3.63, 3.8) is 0 Å². The zero-order chi connectivity index (χ0) is 20.4. The molecule has 156 valence electrons. The number of benzene rings is 1. The average Bonchev–Trinajstić information content (AvgIpc) is 3.12. The fourth-order valence-electron chi connectivity index (χ4n) is 3.61. The summed E-state index contributed by atoms with van der Waals surface area (Å²) in [6.45, 7) is 2.13. The lowest BCUT2D eigenvalue weighted by atomic mass is 10.0. The van der Waals surface area contributed by atoms with E-state index in [4.69, 9.17) is 4.74 Å². The van der Waals surface area contributed by atoms with E-state index in [1.807, 2.05) is 0 Å². The first-order valence-electron chi connectivity index (χ1n) is 9.39. The SMILES string of the molecule is CCCCOC[C@]1(O)C[C@H]2CN(c3ccc(OCC(F)(F)F)cc3)C(=O)N2C1. The van der Waals surface area contributed by atoms with Gasteiger partial charge in [-0.05, 0) is 30.7 Å². The van der Waals surface area contributed by atoms with E-state index in [2.05, 4.69) is 11.7 Å². The van der Waals surface area contributed by atoms with Crippen molar-refractivity contribution in [2.45, 2.75) is 44.0 Å². The van der Waals surface area contributed by atoms with Gasteiger partial charge in [0.05, 0.1) is 19.2 Å². The van der Waals surface area contributed by atoms with E-state index >= 15 is 0 Å². The number of fused-ring (bicyclic) bond motifs is 1. The first kappa shape index (κ1) is 20.7. The van der Waals surface area contributed by atoms with Crippen LogP contribution in [0, 0.1) is 0 Å². The highest BCUT2D eigenvalue weighted by atomic mass is 19.4. The van der Waals surface area contributed by atoms with Crippen molar-refractivity contribution in [1.82, 2.24) is 4.90 Å². The summed E-state index contributed by atoms with van der Waals surface area (Å²) in [4.78, 5) is 15.9. The van der Waals surface area contributed by atoms with Gasteiger partial charge in [0.1, 0.15) is 11.4 Å². The third kappa shape index (κ3) is 4.88. The lowest BCUT2D eigenvalue weighted by molar-refractivity contribution is -0.153. The van der Waals surface area contributed by atoms with E-state index in [1.165, 1.54) is 12.1 Å². The van der Waals surface area contributed by atoms with Crippen LogP contribution >= 0.6 is 0 Å². The number of halogens is 3. The molecule has 0 aromatic heterocycles. The zero-order valence-electron chi connectivity index (χ0n) is 15.7. The molecule has 0 saturated carbocycles. The van der Waals surface area contributed by atoms with Gasteiger partial charge in [-0.3, -0.25) is 4.90 Å². The smallest absolute Gasteiger partial charge is 0.422 e. The number of urea groups is 1. The quantitative estimate of drug-likeness (QED) is 0.679. The Hall–Kier alpha value is -2.00. The predicted octanol–water partition coefficient (Wildman–Crippen LogP) is 3.19. The Balaban J connectivity index is 1.56. The molecule has 0 bridgehead atoms. The van der Waals surface area contributed by atoms with E-state index in [0.29, 0.717) is 25.3 Å². The van der Waals surface area contributed by atoms with Crippen LogP contribution in [0.15, 0.2) is 24.3 Å². The molecule has 3 rings (SSSR count). The number of alkyl halides is 3. The summed E-state index contributed by atoms with van der Waals surface area (Å²) in [6.07, 6.45) is -2.02. The normalized spacial score (nSPS) is 24.8. The van der Waals surface area contributed by atoms with Gasteiger partial charge in [-0.25, -0.2) is 4.79 Å². The zero-order valence-corrected chi connectivity index (χ0v) is 15.7. The van der Waals surface area contributed by atoms with Crippen molar-refractivity contribution in [2.75, 3.05) is 37.8 Å². The Labute approximate surface area is 161 Å². The van der Waals surface area contributed by atoms with Crippen molar-refractivity contribution in [2.24, 2.45) is 0 Å². The van der Waals surface area contributed by atoms with Crippen LogP contribution in [0.25, 0.3) is 0 Å². The third-order valence-corrected chi connectivity index (χ3v) is 4.95. The number of unbranched alkanes of at least 4 members (excludes halogenated alkanes) is 1. The minimum atomic E-state index is -4.40. The van der Waals surface area contributed by atoms with Crippen LogP contribution in [0.4, 0.5) is 23.7 Å². The molecule has 2 aliphatic heterocycles. The van der Waals surface area contributed by atoms with E-state index in [1.54, 1.807) is 21.9 Å². The maximum absolute atomic E-state index is 12.7. The number of anilines is 1. The fraction of sp³-hybridized carbons (Fsp3) is 0.632. The molecule has 0 aliphatic carbocycles. The minimum absolute atomic E-state index is 0.0897. The molecule has 1 aromatic rings. The summed E-state index contributed by atoms with van der Waals surface area (Å²) in [5.41, 5.74) is -0.448. The monoisotopic (exact) mass is 402 g/mol. The largest absolute Gasteiger partial charge is 0.484 e. The number of hydrogen-bond acceptors (Lipinski definition) is 4. The maximum atomic E-state index is 12.7. The Bertz CT molecular complexity index is 683. The highest BCUT2D eigenvalue weighted by molar-refractivity contribution is 5.95. The van der Waals surface area contributed by atoms with Gasteiger partial charge < -0.3 is 19.5 Å². The Morgan fingerprint density at radius 3 is 2.61 bits per heavy atom. The average molecular weight is 402 g/mol. The van der Waals surface area contributed by atoms with E-state index < -0.39 is 18.4 Å². The molecule has 6 nitrogen and oxygen atoms in total. The highest BCUT2D eigenvalue weighted by Gasteiger charge is 2.51.